The number of Topliss-reactive ketones (excluding diaryl/α,β-unsaturated/α-hetero) is 1. The smallest absolute Gasteiger partial charge is 0.181 e. The van der Waals surface area contributed by atoms with Gasteiger partial charge < -0.3 is 4.57 Å². The molecular formula is C15H17Cl2N3O. The Morgan fingerprint density at radius 1 is 1.43 bits per heavy atom. The lowest BCUT2D eigenvalue weighted by Crippen LogP contribution is -2.36. The van der Waals surface area contributed by atoms with E-state index in [1.54, 1.807) is 24.4 Å². The van der Waals surface area contributed by atoms with Gasteiger partial charge in [0.2, 0.25) is 0 Å². The van der Waals surface area contributed by atoms with Gasteiger partial charge in [0.05, 0.1) is 17.6 Å². The lowest BCUT2D eigenvalue weighted by molar-refractivity contribution is 0.0859. The van der Waals surface area contributed by atoms with Gasteiger partial charge in [-0.25, -0.2) is 4.98 Å². The molecule has 0 aliphatic rings. The van der Waals surface area contributed by atoms with Crippen molar-refractivity contribution < 1.29 is 4.79 Å². The third kappa shape index (κ3) is 3.64. The maximum Gasteiger partial charge on any atom is 0.181 e. The summed E-state index contributed by atoms with van der Waals surface area (Å²) in [6.45, 7) is 2.44. The molecule has 0 radical (unpaired) electrons. The van der Waals surface area contributed by atoms with Crippen molar-refractivity contribution in [2.24, 2.45) is 7.05 Å². The van der Waals surface area contributed by atoms with Gasteiger partial charge in [-0.15, -0.1) is 0 Å². The number of halogens is 2. The van der Waals surface area contributed by atoms with Crippen molar-refractivity contribution in [3.05, 3.63) is 52.0 Å². The van der Waals surface area contributed by atoms with Crippen molar-refractivity contribution in [1.82, 2.24) is 14.5 Å². The van der Waals surface area contributed by atoms with Crippen molar-refractivity contribution in [2.45, 2.75) is 19.5 Å². The molecule has 0 aliphatic heterocycles. The van der Waals surface area contributed by atoms with Gasteiger partial charge in [-0.1, -0.05) is 23.2 Å². The molecule has 0 fully saturated rings. The number of carbonyl (C=O) groups excluding carboxylic acids is 1. The Labute approximate surface area is 134 Å². The minimum absolute atomic E-state index is 0.0339. The van der Waals surface area contributed by atoms with Gasteiger partial charge in [-0.2, -0.15) is 0 Å². The lowest BCUT2D eigenvalue weighted by Gasteiger charge is -2.23. The first-order chi connectivity index (χ1) is 9.90. The van der Waals surface area contributed by atoms with Crippen molar-refractivity contribution in [3.63, 3.8) is 0 Å². The first-order valence-electron chi connectivity index (χ1n) is 6.56. The summed E-state index contributed by atoms with van der Waals surface area (Å²) >= 11 is 12.0. The second kappa shape index (κ2) is 6.60. The van der Waals surface area contributed by atoms with E-state index in [1.807, 2.05) is 36.7 Å². The number of imidazole rings is 1. The SMILES string of the molecule is CC(C(=O)c1ccc(Cl)cc1Cl)N(C)Cc1nccn1C. The van der Waals surface area contributed by atoms with Crippen LogP contribution < -0.4 is 0 Å². The van der Waals surface area contributed by atoms with Crippen LogP contribution in [0.4, 0.5) is 0 Å². The number of rotatable bonds is 5. The molecule has 1 atom stereocenters. The lowest BCUT2D eigenvalue weighted by atomic mass is 10.0. The number of nitrogens with zero attached hydrogens (tertiary/aromatic N) is 3. The molecular weight excluding hydrogens is 309 g/mol. The van der Waals surface area contributed by atoms with Gasteiger partial charge >= 0.3 is 0 Å². The molecule has 1 heterocycles. The molecule has 112 valence electrons. The Morgan fingerprint density at radius 3 is 2.71 bits per heavy atom. The van der Waals surface area contributed by atoms with E-state index in [0.717, 1.165) is 5.82 Å². The first kappa shape index (κ1) is 16.0. The van der Waals surface area contributed by atoms with E-state index < -0.39 is 0 Å². The van der Waals surface area contributed by atoms with E-state index in [0.29, 0.717) is 22.2 Å². The van der Waals surface area contributed by atoms with Crippen LogP contribution in [0.2, 0.25) is 10.0 Å². The highest BCUT2D eigenvalue weighted by atomic mass is 35.5. The largest absolute Gasteiger partial charge is 0.337 e. The zero-order chi connectivity index (χ0) is 15.6. The van der Waals surface area contributed by atoms with Gasteiger partial charge in [0, 0.05) is 30.0 Å². The van der Waals surface area contributed by atoms with E-state index in [4.69, 9.17) is 23.2 Å². The summed E-state index contributed by atoms with van der Waals surface area (Å²) in [6, 6.07) is 4.62. The third-order valence-corrected chi connectivity index (χ3v) is 4.10. The average Bonchev–Trinajstić information content (AvgIpc) is 2.82. The molecule has 2 rings (SSSR count). The predicted molar refractivity (Wildman–Crippen MR) is 84.9 cm³/mol. The minimum Gasteiger partial charge on any atom is -0.337 e. The number of aromatic nitrogens is 2. The summed E-state index contributed by atoms with van der Waals surface area (Å²) in [4.78, 5) is 18.7. The van der Waals surface area contributed by atoms with Crippen LogP contribution in [0.15, 0.2) is 30.6 Å². The number of benzene rings is 1. The van der Waals surface area contributed by atoms with Crippen LogP contribution in [0.3, 0.4) is 0 Å². The summed E-state index contributed by atoms with van der Waals surface area (Å²) < 4.78 is 1.93. The maximum atomic E-state index is 12.5. The van der Waals surface area contributed by atoms with Crippen molar-refractivity contribution in [3.8, 4) is 0 Å². The minimum atomic E-state index is -0.305. The summed E-state index contributed by atoms with van der Waals surface area (Å²) in [6.07, 6.45) is 3.62. The van der Waals surface area contributed by atoms with Crippen LogP contribution in [0, 0.1) is 0 Å². The predicted octanol–water partition coefficient (Wildman–Crippen LogP) is 3.43. The topological polar surface area (TPSA) is 38.1 Å². The summed E-state index contributed by atoms with van der Waals surface area (Å²) in [5.74, 6) is 0.868. The molecule has 0 saturated heterocycles. The number of hydrogen-bond donors (Lipinski definition) is 0. The Balaban J connectivity index is 2.13. The maximum absolute atomic E-state index is 12.5. The molecule has 6 heteroatoms. The molecule has 0 N–H and O–H groups in total. The molecule has 0 amide bonds. The molecule has 21 heavy (non-hydrogen) atoms. The molecule has 0 bridgehead atoms. The average molecular weight is 326 g/mol. The number of hydrogen-bond acceptors (Lipinski definition) is 3. The fourth-order valence-corrected chi connectivity index (χ4v) is 2.52. The van der Waals surface area contributed by atoms with E-state index >= 15 is 0 Å². The summed E-state index contributed by atoms with van der Waals surface area (Å²) in [5, 5.41) is 0.898. The molecule has 0 spiro atoms. The standard InChI is InChI=1S/C15H17Cl2N3O/c1-10(20(3)9-14-18-6-7-19(14)2)15(21)12-5-4-11(16)8-13(12)17/h4-8,10H,9H2,1-3H3. The van der Waals surface area contributed by atoms with Crippen LogP contribution in [0.5, 0.6) is 0 Å². The van der Waals surface area contributed by atoms with Crippen molar-refractivity contribution in [2.75, 3.05) is 7.05 Å². The van der Waals surface area contributed by atoms with Crippen LogP contribution in [-0.2, 0) is 13.6 Å². The molecule has 1 aromatic heterocycles. The fourth-order valence-electron chi connectivity index (χ4n) is 2.02. The zero-order valence-electron chi connectivity index (χ0n) is 12.2. The first-order valence-corrected chi connectivity index (χ1v) is 7.31. The molecule has 2 aromatic rings. The highest BCUT2D eigenvalue weighted by Crippen LogP contribution is 2.23. The number of carbonyl (C=O) groups is 1. The second-order valence-electron chi connectivity index (χ2n) is 5.03. The number of aryl methyl sites for hydroxylation is 1. The van der Waals surface area contributed by atoms with Gasteiger partial charge in [0.15, 0.2) is 5.78 Å². The van der Waals surface area contributed by atoms with Crippen LogP contribution >= 0.6 is 23.2 Å². The Hall–Kier alpha value is -1.36. The summed E-state index contributed by atoms with van der Waals surface area (Å²) in [7, 11) is 3.82. The van der Waals surface area contributed by atoms with Crippen molar-refractivity contribution >= 4 is 29.0 Å². The van der Waals surface area contributed by atoms with Gasteiger partial charge in [-0.05, 0) is 32.2 Å². The quantitative estimate of drug-likeness (QED) is 0.790. The van der Waals surface area contributed by atoms with Crippen LogP contribution in [0.1, 0.15) is 23.1 Å². The summed E-state index contributed by atoms with van der Waals surface area (Å²) in [5.41, 5.74) is 0.486. The fraction of sp³-hybridized carbons (Fsp3) is 0.333. The highest BCUT2D eigenvalue weighted by molar-refractivity contribution is 6.37. The monoisotopic (exact) mass is 325 g/mol. The second-order valence-corrected chi connectivity index (χ2v) is 5.88. The molecule has 1 aromatic carbocycles. The van der Waals surface area contributed by atoms with E-state index in [1.165, 1.54) is 0 Å². The number of likely N-dealkylation sites (N-methyl/N-ethyl adjacent to an activating group) is 1. The van der Waals surface area contributed by atoms with E-state index in [9.17, 15) is 4.79 Å². The molecule has 0 saturated carbocycles. The van der Waals surface area contributed by atoms with Gasteiger partial charge in [0.1, 0.15) is 5.82 Å². The van der Waals surface area contributed by atoms with Crippen LogP contribution in [-0.4, -0.2) is 33.3 Å². The normalized spacial score (nSPS) is 12.7. The third-order valence-electron chi connectivity index (χ3n) is 3.55. The van der Waals surface area contributed by atoms with Crippen LogP contribution in [0.25, 0.3) is 0 Å². The Kier molecular flexibility index (Phi) is 5.04. The Bertz CT molecular complexity index is 654. The zero-order valence-corrected chi connectivity index (χ0v) is 13.7. The number of ketones is 1. The highest BCUT2D eigenvalue weighted by Gasteiger charge is 2.22. The van der Waals surface area contributed by atoms with Crippen molar-refractivity contribution in [1.29, 1.82) is 0 Å². The van der Waals surface area contributed by atoms with Gasteiger partial charge in [0.25, 0.3) is 0 Å². The molecule has 0 aliphatic carbocycles. The van der Waals surface area contributed by atoms with Gasteiger partial charge in [-0.3, -0.25) is 9.69 Å². The van der Waals surface area contributed by atoms with E-state index in [-0.39, 0.29) is 11.8 Å². The van der Waals surface area contributed by atoms with E-state index in [2.05, 4.69) is 4.98 Å². The molecule has 1 unspecified atom stereocenters. The Morgan fingerprint density at radius 2 is 2.14 bits per heavy atom. The molecule has 4 nitrogen and oxygen atoms in total.